The highest BCUT2D eigenvalue weighted by Crippen LogP contribution is 2.24. The minimum atomic E-state index is -0.315. The van der Waals surface area contributed by atoms with Crippen LogP contribution in [0.4, 0.5) is 10.1 Å². The van der Waals surface area contributed by atoms with Crippen LogP contribution < -0.4 is 15.5 Å². The third-order valence-corrected chi connectivity index (χ3v) is 5.01. The van der Waals surface area contributed by atoms with Crippen LogP contribution in [0.2, 0.25) is 10.0 Å². The fourth-order valence-electron chi connectivity index (χ4n) is 2.54. The van der Waals surface area contributed by atoms with Crippen molar-refractivity contribution in [3.05, 3.63) is 63.4 Å². The van der Waals surface area contributed by atoms with E-state index in [2.05, 4.69) is 10.6 Å². The Hall–Kier alpha value is -1.40. The summed E-state index contributed by atoms with van der Waals surface area (Å²) in [6.45, 7) is 2.35. The molecule has 134 valence electrons. The zero-order valence-electron chi connectivity index (χ0n) is 14.3. The van der Waals surface area contributed by atoms with E-state index in [1.165, 1.54) is 6.07 Å². The van der Waals surface area contributed by atoms with Crippen LogP contribution in [0.1, 0.15) is 17.2 Å². The summed E-state index contributed by atoms with van der Waals surface area (Å²) < 4.78 is 14.2. The van der Waals surface area contributed by atoms with E-state index in [-0.39, 0.29) is 11.9 Å². The minimum absolute atomic E-state index is 0.186. The summed E-state index contributed by atoms with van der Waals surface area (Å²) in [5.74, 6) is -0.315. The summed E-state index contributed by atoms with van der Waals surface area (Å²) in [5, 5.41) is 7.80. The average Bonchev–Trinajstić information content (AvgIpc) is 2.54. The second kappa shape index (κ2) is 8.81. The molecule has 3 nitrogen and oxygen atoms in total. The van der Waals surface area contributed by atoms with Crippen LogP contribution in [-0.2, 0) is 0 Å². The average molecular weight is 401 g/mol. The van der Waals surface area contributed by atoms with Gasteiger partial charge < -0.3 is 15.5 Å². The van der Waals surface area contributed by atoms with Crippen molar-refractivity contribution in [2.24, 2.45) is 0 Å². The Labute approximate surface area is 163 Å². The molecule has 0 saturated heterocycles. The predicted octanol–water partition coefficient (Wildman–Crippen LogP) is 3.61. The summed E-state index contributed by atoms with van der Waals surface area (Å²) in [6, 6.07) is 10.1. The molecule has 7 heteroatoms. The number of hydrogen-bond donors (Lipinski definition) is 3. The second-order valence-electron chi connectivity index (χ2n) is 6.01. The zero-order valence-corrected chi connectivity index (χ0v) is 16.6. The Morgan fingerprint density at radius 1 is 1.16 bits per heavy atom. The molecule has 0 spiro atoms. The highest BCUT2D eigenvalue weighted by atomic mass is 35.5. The van der Waals surface area contributed by atoms with E-state index in [1.807, 2.05) is 39.2 Å². The smallest absolute Gasteiger partial charge is 0.171 e. The van der Waals surface area contributed by atoms with Crippen LogP contribution >= 0.6 is 35.4 Å². The van der Waals surface area contributed by atoms with E-state index in [0.717, 1.165) is 16.2 Å². The SMILES string of the molecule is Cc1c(Cl)cccc1NC(=S)NC[C@H](c1c(F)cccc1Cl)[NH+](C)C. The van der Waals surface area contributed by atoms with Crippen LogP contribution in [-0.4, -0.2) is 25.8 Å². The fourth-order valence-corrected chi connectivity index (χ4v) is 3.21. The van der Waals surface area contributed by atoms with Gasteiger partial charge in [-0.15, -0.1) is 0 Å². The van der Waals surface area contributed by atoms with Crippen molar-refractivity contribution < 1.29 is 9.29 Å². The molecular formula is C18H21Cl2FN3S+. The van der Waals surface area contributed by atoms with Crippen molar-refractivity contribution in [3.8, 4) is 0 Å². The summed E-state index contributed by atoms with van der Waals surface area (Å²) >= 11 is 17.7. The molecule has 0 heterocycles. The van der Waals surface area contributed by atoms with E-state index in [0.29, 0.717) is 27.3 Å². The molecule has 0 saturated carbocycles. The number of likely N-dealkylation sites (N-methyl/N-ethyl adjacent to an activating group) is 1. The number of hydrogen-bond acceptors (Lipinski definition) is 1. The Bertz CT molecular complexity index is 748. The van der Waals surface area contributed by atoms with Gasteiger partial charge in [-0.3, -0.25) is 0 Å². The lowest BCUT2D eigenvalue weighted by molar-refractivity contribution is -0.890. The number of nitrogens with one attached hydrogen (secondary N) is 3. The maximum atomic E-state index is 14.2. The Morgan fingerprint density at radius 2 is 1.80 bits per heavy atom. The van der Waals surface area contributed by atoms with E-state index in [1.54, 1.807) is 12.1 Å². The summed E-state index contributed by atoms with van der Waals surface area (Å²) in [7, 11) is 3.90. The van der Waals surface area contributed by atoms with Gasteiger partial charge in [0.05, 0.1) is 31.2 Å². The number of halogens is 3. The van der Waals surface area contributed by atoms with Crippen LogP contribution in [0.25, 0.3) is 0 Å². The van der Waals surface area contributed by atoms with Gasteiger partial charge in [0.15, 0.2) is 5.11 Å². The lowest BCUT2D eigenvalue weighted by Gasteiger charge is -2.24. The van der Waals surface area contributed by atoms with Gasteiger partial charge in [0.25, 0.3) is 0 Å². The summed E-state index contributed by atoms with van der Waals surface area (Å²) in [5.41, 5.74) is 2.24. The molecule has 0 unspecified atom stereocenters. The van der Waals surface area contributed by atoms with Gasteiger partial charge >= 0.3 is 0 Å². The zero-order chi connectivity index (χ0) is 18.6. The van der Waals surface area contributed by atoms with Crippen molar-refractivity contribution in [2.45, 2.75) is 13.0 Å². The monoisotopic (exact) mass is 400 g/mol. The number of rotatable bonds is 5. The molecule has 0 radical (unpaired) electrons. The van der Waals surface area contributed by atoms with Gasteiger partial charge in [-0.25, -0.2) is 4.39 Å². The molecule has 3 N–H and O–H groups in total. The van der Waals surface area contributed by atoms with Crippen molar-refractivity contribution in [1.29, 1.82) is 0 Å². The molecule has 0 fully saturated rings. The highest BCUT2D eigenvalue weighted by molar-refractivity contribution is 7.80. The largest absolute Gasteiger partial charge is 0.356 e. The highest BCUT2D eigenvalue weighted by Gasteiger charge is 2.24. The second-order valence-corrected chi connectivity index (χ2v) is 7.24. The van der Waals surface area contributed by atoms with Crippen molar-refractivity contribution >= 4 is 46.2 Å². The molecule has 1 atom stereocenters. The third kappa shape index (κ3) is 5.05. The Morgan fingerprint density at radius 3 is 2.44 bits per heavy atom. The molecule has 25 heavy (non-hydrogen) atoms. The fraction of sp³-hybridized carbons (Fsp3) is 0.278. The van der Waals surface area contributed by atoms with Crippen LogP contribution in [0.5, 0.6) is 0 Å². The molecule has 0 aliphatic carbocycles. The Kier molecular flexibility index (Phi) is 7.02. The van der Waals surface area contributed by atoms with Gasteiger partial charge in [-0.05, 0) is 49.0 Å². The van der Waals surface area contributed by atoms with Crippen LogP contribution in [0, 0.1) is 12.7 Å². The lowest BCUT2D eigenvalue weighted by Crippen LogP contribution is -3.07. The molecule has 2 aromatic carbocycles. The summed E-state index contributed by atoms with van der Waals surface area (Å²) in [4.78, 5) is 1.04. The third-order valence-electron chi connectivity index (χ3n) is 4.03. The quantitative estimate of drug-likeness (QED) is 0.669. The van der Waals surface area contributed by atoms with E-state index in [4.69, 9.17) is 35.4 Å². The van der Waals surface area contributed by atoms with Crippen molar-refractivity contribution in [1.82, 2.24) is 5.32 Å². The topological polar surface area (TPSA) is 28.5 Å². The van der Waals surface area contributed by atoms with Gasteiger partial charge in [-0.1, -0.05) is 35.3 Å². The molecular weight excluding hydrogens is 380 g/mol. The first-order valence-electron chi connectivity index (χ1n) is 7.85. The molecule has 0 aliphatic rings. The Balaban J connectivity index is 2.09. The molecule has 2 aromatic rings. The predicted molar refractivity (Wildman–Crippen MR) is 107 cm³/mol. The molecule has 0 amide bonds. The first-order valence-corrected chi connectivity index (χ1v) is 9.01. The van der Waals surface area contributed by atoms with Crippen molar-refractivity contribution in [2.75, 3.05) is 26.0 Å². The summed E-state index contributed by atoms with van der Waals surface area (Å²) in [6.07, 6.45) is 0. The number of anilines is 1. The first kappa shape index (κ1) is 19.9. The maximum absolute atomic E-state index is 14.2. The number of benzene rings is 2. The van der Waals surface area contributed by atoms with Gasteiger partial charge in [0, 0.05) is 10.7 Å². The lowest BCUT2D eigenvalue weighted by atomic mass is 10.1. The standard InChI is InChI=1S/C18H20Cl2FN3S/c1-11-12(19)6-5-9-15(11)23-18(25)22-10-16(24(2)3)17-13(20)7-4-8-14(17)21/h4-9,16H,10H2,1-3H3,(H2,22,23,25)/p+1/t16-/m1/s1. The van der Waals surface area contributed by atoms with Gasteiger partial charge in [-0.2, -0.15) is 0 Å². The minimum Gasteiger partial charge on any atom is -0.356 e. The van der Waals surface area contributed by atoms with E-state index >= 15 is 0 Å². The first-order chi connectivity index (χ1) is 11.8. The van der Waals surface area contributed by atoms with Crippen LogP contribution in [0.3, 0.4) is 0 Å². The molecule has 0 aliphatic heterocycles. The van der Waals surface area contributed by atoms with E-state index < -0.39 is 0 Å². The van der Waals surface area contributed by atoms with Crippen LogP contribution in [0.15, 0.2) is 36.4 Å². The molecule has 2 rings (SSSR count). The number of quaternary nitrogens is 1. The molecule has 0 bridgehead atoms. The van der Waals surface area contributed by atoms with Crippen molar-refractivity contribution in [3.63, 3.8) is 0 Å². The van der Waals surface area contributed by atoms with E-state index in [9.17, 15) is 4.39 Å². The normalized spacial score (nSPS) is 12.1. The number of thiocarbonyl (C=S) groups is 1. The molecule has 0 aromatic heterocycles. The van der Waals surface area contributed by atoms with Gasteiger partial charge in [0.2, 0.25) is 0 Å². The maximum Gasteiger partial charge on any atom is 0.171 e. The van der Waals surface area contributed by atoms with Gasteiger partial charge in [0.1, 0.15) is 11.9 Å².